The molecular formula is C36H30N6O6. The molecule has 4 N–H and O–H groups in total. The first kappa shape index (κ1) is 34.1. The summed E-state index contributed by atoms with van der Waals surface area (Å²) in [5, 5.41) is 16.4. The normalized spacial score (nSPS) is 10.0. The number of nitrogen functional groups attached to an aromatic ring is 1. The van der Waals surface area contributed by atoms with Gasteiger partial charge >= 0.3 is 5.97 Å². The minimum atomic E-state index is -1.08. The highest BCUT2D eigenvalue weighted by Gasteiger charge is 2.05. The van der Waals surface area contributed by atoms with Crippen molar-refractivity contribution in [1.29, 1.82) is 0 Å². The Balaban J connectivity index is 0.000000152. The van der Waals surface area contributed by atoms with Gasteiger partial charge < -0.3 is 30.1 Å². The van der Waals surface area contributed by atoms with Crippen molar-refractivity contribution >= 4 is 74.0 Å². The molecule has 48 heavy (non-hydrogen) atoms. The Morgan fingerprint density at radius 3 is 1.85 bits per heavy atom. The molecule has 7 rings (SSSR count). The Morgan fingerprint density at radius 2 is 1.25 bits per heavy atom. The molecule has 0 saturated heterocycles. The second kappa shape index (κ2) is 17.0. The number of aldehydes is 2. The lowest BCUT2D eigenvalue weighted by Crippen LogP contribution is -2.12. The molecule has 0 aliphatic carbocycles. The minimum Gasteiger partial charge on any atom is -0.481 e. The van der Waals surface area contributed by atoms with Gasteiger partial charge in [-0.3, -0.25) is 14.4 Å². The topological polar surface area (TPSA) is 187 Å². The zero-order valence-electron chi connectivity index (χ0n) is 25.5. The number of rotatable bonds is 5. The molecule has 0 bridgehead atoms. The number of nitrogens with two attached hydrogens (primary N) is 1. The molecule has 4 heterocycles. The number of carbonyl (C=O) groups is 4. The van der Waals surface area contributed by atoms with E-state index in [1.54, 1.807) is 18.6 Å². The summed E-state index contributed by atoms with van der Waals surface area (Å²) in [6, 6.07) is 30.7. The summed E-state index contributed by atoms with van der Waals surface area (Å²) in [5.41, 5.74) is 6.15. The number of benzene rings is 3. The zero-order chi connectivity index (χ0) is 34.3. The van der Waals surface area contributed by atoms with Crippen LogP contribution in [0.3, 0.4) is 0 Å². The number of nitrogens with one attached hydrogen (secondary N) is 1. The highest BCUT2D eigenvalue weighted by molar-refractivity contribution is 6.03. The molecule has 7 aromatic rings. The summed E-state index contributed by atoms with van der Waals surface area (Å²) < 4.78 is 1.85. The van der Waals surface area contributed by atoms with Crippen LogP contribution < -0.4 is 16.6 Å². The van der Waals surface area contributed by atoms with Crippen LogP contribution in [0.15, 0.2) is 127 Å². The summed E-state index contributed by atoms with van der Waals surface area (Å²) in [5.74, 6) is -0.336. The first-order valence-corrected chi connectivity index (χ1v) is 14.5. The van der Waals surface area contributed by atoms with Gasteiger partial charge in [0.15, 0.2) is 0 Å². The molecule has 0 saturated carbocycles. The number of pyridine rings is 3. The number of carboxylic acid groups (broad SMARTS) is 1. The van der Waals surface area contributed by atoms with Crippen molar-refractivity contribution in [2.24, 2.45) is 0 Å². The molecule has 0 unspecified atom stereocenters. The van der Waals surface area contributed by atoms with Crippen molar-refractivity contribution in [3.63, 3.8) is 0 Å². The monoisotopic (exact) mass is 642 g/mol. The van der Waals surface area contributed by atoms with Crippen molar-refractivity contribution in [2.45, 2.75) is 12.8 Å². The van der Waals surface area contributed by atoms with E-state index in [4.69, 9.17) is 10.8 Å². The molecule has 12 nitrogen and oxygen atoms in total. The lowest BCUT2D eigenvalue weighted by Gasteiger charge is -2.05. The highest BCUT2D eigenvalue weighted by Crippen LogP contribution is 2.20. The SMILES string of the molecule is Nc1nccc2ccccc12.O=CCC(=O)Nc1nccc2ccccc12.O=CCC(=O)O.O=c1ccn2ccc3ccccc3c2n1. The van der Waals surface area contributed by atoms with Gasteiger partial charge in [0, 0.05) is 47.0 Å². The average molecular weight is 643 g/mol. The van der Waals surface area contributed by atoms with E-state index in [-0.39, 0.29) is 24.3 Å². The maximum Gasteiger partial charge on any atom is 0.310 e. The smallest absolute Gasteiger partial charge is 0.310 e. The van der Waals surface area contributed by atoms with Crippen molar-refractivity contribution in [3.05, 3.63) is 132 Å². The first-order chi connectivity index (χ1) is 23.3. The third-order valence-electron chi connectivity index (χ3n) is 6.62. The predicted octanol–water partition coefficient (Wildman–Crippen LogP) is 5.09. The molecule has 0 atom stereocenters. The Morgan fingerprint density at radius 1 is 0.708 bits per heavy atom. The van der Waals surface area contributed by atoms with Crippen LogP contribution >= 0.6 is 0 Å². The summed E-state index contributed by atoms with van der Waals surface area (Å²) in [6.45, 7) is 0. The molecule has 0 aliphatic rings. The fourth-order valence-corrected chi connectivity index (χ4v) is 4.43. The van der Waals surface area contributed by atoms with E-state index in [0.29, 0.717) is 29.9 Å². The summed E-state index contributed by atoms with van der Waals surface area (Å²) >= 11 is 0. The number of fused-ring (bicyclic) bond motifs is 5. The third-order valence-corrected chi connectivity index (χ3v) is 6.62. The predicted molar refractivity (Wildman–Crippen MR) is 184 cm³/mol. The number of hydrogen-bond donors (Lipinski definition) is 3. The van der Waals surface area contributed by atoms with E-state index in [1.807, 2.05) is 102 Å². The molecule has 240 valence electrons. The maximum atomic E-state index is 11.3. The van der Waals surface area contributed by atoms with Gasteiger partial charge in [0.25, 0.3) is 5.56 Å². The number of anilines is 2. The number of carboxylic acids is 1. The number of amides is 1. The molecule has 3 aromatic carbocycles. The van der Waals surface area contributed by atoms with Gasteiger partial charge in [-0.05, 0) is 34.4 Å². The fraction of sp³-hybridized carbons (Fsp3) is 0.0556. The van der Waals surface area contributed by atoms with Crippen LogP contribution in [-0.2, 0) is 19.2 Å². The lowest BCUT2D eigenvalue weighted by atomic mass is 10.1. The number of aromatic nitrogens is 4. The van der Waals surface area contributed by atoms with Crippen molar-refractivity contribution < 1.29 is 24.3 Å². The molecule has 0 fully saturated rings. The largest absolute Gasteiger partial charge is 0.481 e. The fourth-order valence-electron chi connectivity index (χ4n) is 4.43. The van der Waals surface area contributed by atoms with Gasteiger partial charge in [-0.15, -0.1) is 0 Å². The Labute approximate surface area is 273 Å². The van der Waals surface area contributed by atoms with E-state index < -0.39 is 5.97 Å². The molecular weight excluding hydrogens is 612 g/mol. The highest BCUT2D eigenvalue weighted by atomic mass is 16.4. The van der Waals surface area contributed by atoms with Crippen LogP contribution in [0.2, 0.25) is 0 Å². The van der Waals surface area contributed by atoms with Gasteiger partial charge in [0.05, 0.1) is 6.42 Å². The number of aliphatic carboxylic acids is 1. The molecule has 12 heteroatoms. The summed E-state index contributed by atoms with van der Waals surface area (Å²) in [4.78, 5) is 63.3. The van der Waals surface area contributed by atoms with Crippen LogP contribution in [-0.4, -0.2) is 48.9 Å². The third kappa shape index (κ3) is 9.34. The Bertz CT molecular complexity index is 2260. The molecule has 1 amide bonds. The van der Waals surface area contributed by atoms with Gasteiger partial charge in [-0.1, -0.05) is 72.8 Å². The maximum absolute atomic E-state index is 11.3. The van der Waals surface area contributed by atoms with Gasteiger partial charge in [-0.25, -0.2) is 9.97 Å². The lowest BCUT2D eigenvalue weighted by molar-refractivity contribution is -0.138. The van der Waals surface area contributed by atoms with E-state index in [1.165, 1.54) is 6.07 Å². The van der Waals surface area contributed by atoms with Crippen LogP contribution in [0.4, 0.5) is 11.6 Å². The quantitative estimate of drug-likeness (QED) is 0.130. The van der Waals surface area contributed by atoms with Gasteiger partial charge in [-0.2, -0.15) is 4.98 Å². The standard InChI is InChI=1S/C12H10N2O2.C12H8N2O.C9H8N2.C3H4O3/c15-8-6-11(16)14-12-10-4-2-1-3-9(10)5-7-13-12;15-11-6-8-14-7-5-9-3-1-2-4-10(9)12(14)13-11;10-9-8-4-2-1-3-7(8)5-6-11-9;4-2-1-3(5)6/h1-5,7-8H,6H2,(H,13,14,16);1-8H;1-6H,(H2,10,11);2H,1H2,(H,5,6). The zero-order valence-corrected chi connectivity index (χ0v) is 25.5. The second-order valence-electron chi connectivity index (χ2n) is 9.88. The van der Waals surface area contributed by atoms with Crippen LogP contribution in [0.5, 0.6) is 0 Å². The average Bonchev–Trinajstić information content (AvgIpc) is 3.10. The van der Waals surface area contributed by atoms with E-state index in [0.717, 1.165) is 32.3 Å². The van der Waals surface area contributed by atoms with E-state index in [2.05, 4.69) is 20.3 Å². The summed E-state index contributed by atoms with van der Waals surface area (Å²) in [6.07, 6.45) is 7.37. The van der Waals surface area contributed by atoms with Crippen LogP contribution in [0, 0.1) is 0 Å². The molecule has 0 radical (unpaired) electrons. The van der Waals surface area contributed by atoms with Crippen molar-refractivity contribution in [2.75, 3.05) is 11.1 Å². The minimum absolute atomic E-state index is 0.148. The Hall–Kier alpha value is -6.82. The number of hydrogen-bond acceptors (Lipinski definition) is 9. The second-order valence-corrected chi connectivity index (χ2v) is 9.88. The first-order valence-electron chi connectivity index (χ1n) is 14.5. The van der Waals surface area contributed by atoms with Crippen molar-refractivity contribution in [1.82, 2.24) is 19.4 Å². The summed E-state index contributed by atoms with van der Waals surface area (Å²) in [7, 11) is 0. The number of nitrogens with zero attached hydrogens (tertiary/aromatic N) is 4. The van der Waals surface area contributed by atoms with Crippen LogP contribution in [0.25, 0.3) is 38.0 Å². The van der Waals surface area contributed by atoms with Crippen molar-refractivity contribution in [3.8, 4) is 0 Å². The number of carbonyl (C=O) groups excluding carboxylic acids is 3. The van der Waals surface area contributed by atoms with Gasteiger partial charge in [0.2, 0.25) is 5.91 Å². The van der Waals surface area contributed by atoms with E-state index in [9.17, 15) is 24.0 Å². The molecule has 0 aliphatic heterocycles. The Kier molecular flexibility index (Phi) is 12.1. The molecule has 4 aromatic heterocycles. The van der Waals surface area contributed by atoms with Gasteiger partial charge in [0.1, 0.15) is 36.3 Å². The van der Waals surface area contributed by atoms with E-state index >= 15 is 0 Å². The molecule has 0 spiro atoms. The van der Waals surface area contributed by atoms with Crippen LogP contribution in [0.1, 0.15) is 12.8 Å².